The van der Waals surface area contributed by atoms with Crippen molar-refractivity contribution in [3.05, 3.63) is 227 Å². The number of amidine groups is 4. The van der Waals surface area contributed by atoms with Crippen LogP contribution >= 0.6 is 0 Å². The van der Waals surface area contributed by atoms with E-state index >= 15 is 0 Å². The molecule has 8 aromatic carbocycles. The molecule has 65 heavy (non-hydrogen) atoms. The summed E-state index contributed by atoms with van der Waals surface area (Å²) in [7, 11) is 0. The quantitative estimate of drug-likeness (QED) is 0.158. The summed E-state index contributed by atoms with van der Waals surface area (Å²) in [5.41, 5.74) is 14.2. The van der Waals surface area contributed by atoms with Crippen LogP contribution in [0.3, 0.4) is 0 Å². The van der Waals surface area contributed by atoms with Gasteiger partial charge in [-0.3, -0.25) is 0 Å². The molecule has 299 valence electrons. The summed E-state index contributed by atoms with van der Waals surface area (Å²) in [5.74, 6) is 4.05. The molecule has 8 nitrogen and oxygen atoms in total. The van der Waals surface area contributed by atoms with Crippen molar-refractivity contribution in [2.75, 3.05) is 0 Å². The normalized spacial score (nSPS) is 14.0. The van der Waals surface area contributed by atoms with Crippen molar-refractivity contribution in [3.8, 4) is 44.5 Å². The molecule has 0 spiro atoms. The number of aliphatic imine (C=N–C) groups is 4. The van der Waals surface area contributed by atoms with Gasteiger partial charge in [0.15, 0.2) is 23.3 Å². The third kappa shape index (κ3) is 5.70. The molecular weight excluding hydrogens is 812 g/mol. The topological polar surface area (TPSA) is 84.0 Å². The highest BCUT2D eigenvalue weighted by Gasteiger charge is 2.31. The lowest BCUT2D eigenvalue weighted by atomic mass is 9.99. The van der Waals surface area contributed by atoms with E-state index in [0.717, 1.165) is 111 Å². The van der Waals surface area contributed by atoms with Crippen molar-refractivity contribution in [2.24, 2.45) is 30.0 Å². The van der Waals surface area contributed by atoms with Gasteiger partial charge in [0.05, 0.1) is 0 Å². The standard InChI is InChI=1S/C56H32N8.Al/c1-5-13-33(14-6-1)37-21-25-41-45(29-37)53-57-49(41)62-54-47-31-39(35-17-9-3-10-18-35)23-27-43(47)51(59-54)64-56-48-32-40(36-19-11-4-12-20-36)24-28-44(48)52(60-56)63-55-46-30-38(34-15-7-2-8-16-34)22-26-42(46)50(58-55)61-53;/h1-32H;/q-2;+2. The average Bonchev–Trinajstić information content (AvgIpc) is 4.07. The highest BCUT2D eigenvalue weighted by Crippen LogP contribution is 2.42. The van der Waals surface area contributed by atoms with Gasteiger partial charge >= 0.3 is 15.7 Å². The van der Waals surface area contributed by atoms with Crippen LogP contribution in [0.15, 0.2) is 224 Å². The van der Waals surface area contributed by atoms with Crippen LogP contribution in [-0.4, -0.2) is 46.1 Å². The lowest BCUT2D eigenvalue weighted by Crippen LogP contribution is -2.36. The maximum absolute atomic E-state index is 5.59. The molecule has 0 atom stereocenters. The van der Waals surface area contributed by atoms with Crippen LogP contribution in [-0.2, 0) is 0 Å². The molecule has 0 fully saturated rings. The van der Waals surface area contributed by atoms with Crippen LogP contribution in [0.25, 0.3) is 66.1 Å². The van der Waals surface area contributed by atoms with E-state index in [2.05, 4.69) is 189 Å². The minimum absolute atomic E-state index is 0.620. The molecule has 0 N–H and O–H groups in total. The number of fused-ring (bicyclic) bond motifs is 14. The Hall–Kier alpha value is -8.35. The van der Waals surface area contributed by atoms with E-state index in [1.54, 1.807) is 0 Å². The summed E-state index contributed by atoms with van der Waals surface area (Å²) < 4.78 is 4.59. The number of benzene rings is 8. The van der Waals surface area contributed by atoms with Gasteiger partial charge in [-0.25, -0.2) is 30.0 Å². The van der Waals surface area contributed by atoms with Crippen molar-refractivity contribution in [1.29, 1.82) is 0 Å². The summed E-state index contributed by atoms with van der Waals surface area (Å²) in [5, 5.41) is 3.93. The number of hydrogen-bond acceptors (Lipinski definition) is 6. The van der Waals surface area contributed by atoms with Crippen LogP contribution in [0.5, 0.6) is 0 Å². The summed E-state index contributed by atoms with van der Waals surface area (Å²) in [6.45, 7) is 0. The Labute approximate surface area is 379 Å². The Morgan fingerprint density at radius 3 is 1.17 bits per heavy atom. The second-order valence-electron chi connectivity index (χ2n) is 16.6. The van der Waals surface area contributed by atoms with E-state index in [0.29, 0.717) is 23.3 Å². The Morgan fingerprint density at radius 1 is 0.262 bits per heavy atom. The molecule has 0 saturated heterocycles. The van der Waals surface area contributed by atoms with E-state index in [4.69, 9.17) is 30.0 Å². The molecule has 0 amide bonds. The molecule has 6 heterocycles. The first-order valence-electron chi connectivity index (χ1n) is 21.7. The summed E-state index contributed by atoms with van der Waals surface area (Å²) in [6.07, 6.45) is 0. The minimum Gasteiger partial charge on any atom is -0.389 e. The Balaban J connectivity index is 1.13. The molecule has 0 saturated carbocycles. The van der Waals surface area contributed by atoms with Gasteiger partial charge in [0, 0.05) is 43.8 Å². The third-order valence-electron chi connectivity index (χ3n) is 12.8. The number of nitrogens with zero attached hydrogens (tertiary/aromatic N) is 8. The van der Waals surface area contributed by atoms with Crippen molar-refractivity contribution in [3.63, 3.8) is 0 Å². The zero-order valence-electron chi connectivity index (χ0n) is 34.6. The average molecular weight is 844 g/mol. The van der Waals surface area contributed by atoms with Crippen LogP contribution in [0, 0.1) is 0 Å². The monoisotopic (exact) mass is 843 g/mol. The maximum atomic E-state index is 5.59. The van der Waals surface area contributed by atoms with Crippen molar-refractivity contribution in [2.45, 2.75) is 0 Å². The van der Waals surface area contributed by atoms with E-state index in [9.17, 15) is 0 Å². The van der Waals surface area contributed by atoms with Gasteiger partial charge in [-0.15, -0.1) is 0 Å². The molecular formula is C56H32AlN8. The van der Waals surface area contributed by atoms with Crippen molar-refractivity contribution >= 4 is 72.2 Å². The maximum Gasteiger partial charge on any atom is 0.568 e. The highest BCUT2D eigenvalue weighted by atomic mass is 27.1. The Kier molecular flexibility index (Phi) is 7.83. The first kappa shape index (κ1) is 36.2. The van der Waals surface area contributed by atoms with Gasteiger partial charge in [0.1, 0.15) is 22.6 Å². The molecule has 1 radical (unpaired) electrons. The van der Waals surface area contributed by atoms with Crippen molar-refractivity contribution < 1.29 is 0 Å². The van der Waals surface area contributed by atoms with Gasteiger partial charge in [0.25, 0.3) is 0 Å². The number of aromatic nitrogens is 2. The highest BCUT2D eigenvalue weighted by molar-refractivity contribution is 6.37. The third-order valence-corrected chi connectivity index (χ3v) is 14.3. The van der Waals surface area contributed by atoms with Gasteiger partial charge in [-0.1, -0.05) is 146 Å². The minimum atomic E-state index is -0.825. The zero-order chi connectivity index (χ0) is 42.6. The summed E-state index contributed by atoms with van der Waals surface area (Å²) >= 11 is -0.825. The van der Waals surface area contributed by atoms with E-state index in [1.807, 2.05) is 12.1 Å². The first-order valence-corrected chi connectivity index (χ1v) is 22.7. The Morgan fingerprint density at radius 2 is 0.646 bits per heavy atom. The van der Waals surface area contributed by atoms with E-state index in [1.165, 1.54) is 0 Å². The van der Waals surface area contributed by atoms with Crippen LogP contribution < -0.4 is 11.0 Å². The lowest BCUT2D eigenvalue weighted by molar-refractivity contribution is 0.992. The molecule has 4 aliphatic rings. The largest absolute Gasteiger partial charge is 0.568 e. The second kappa shape index (κ2) is 14.1. The lowest BCUT2D eigenvalue weighted by Gasteiger charge is -2.11. The molecule has 10 aromatic rings. The second-order valence-corrected chi connectivity index (χ2v) is 17.9. The van der Waals surface area contributed by atoms with E-state index < -0.39 is 15.7 Å². The molecule has 0 unspecified atom stereocenters. The van der Waals surface area contributed by atoms with E-state index in [-0.39, 0.29) is 0 Å². The van der Waals surface area contributed by atoms with Gasteiger partial charge < -0.3 is 7.10 Å². The zero-order valence-corrected chi connectivity index (χ0v) is 35.8. The molecule has 0 aliphatic carbocycles. The number of rotatable bonds is 4. The predicted octanol–water partition coefficient (Wildman–Crippen LogP) is 11.1. The number of hydrogen-bond donors (Lipinski definition) is 0. The fourth-order valence-corrected chi connectivity index (χ4v) is 11.1. The van der Waals surface area contributed by atoms with Crippen molar-refractivity contribution in [1.82, 2.24) is 7.10 Å². The summed E-state index contributed by atoms with van der Waals surface area (Å²) in [4.78, 5) is 33.0. The Bertz CT molecular complexity index is 3940. The van der Waals surface area contributed by atoms with Crippen LogP contribution in [0.1, 0.15) is 22.3 Å². The first-order chi connectivity index (χ1) is 32.2. The smallest absolute Gasteiger partial charge is 0.389 e. The molecule has 14 rings (SSSR count). The van der Waals surface area contributed by atoms with Crippen LogP contribution in [0.2, 0.25) is 0 Å². The SMILES string of the molecule is c1ccc(-c2ccc3c(c2)C2=NC3=Nc3c4cc(-c5ccccc5)ccc4c4[n]3[Al][n]3c(c5ccc(-c6ccccc6)cc5c3=NC3=NC(=N4)c4cc(-c5ccccc5)ccc43)=N2)cc1. The molecule has 4 aliphatic heterocycles. The fourth-order valence-electron chi connectivity index (χ4n) is 9.63. The fraction of sp³-hybridized carbons (Fsp3) is 0. The molecule has 6 bridgehead atoms. The van der Waals surface area contributed by atoms with Gasteiger partial charge in [-0.05, 0) is 93.0 Å². The van der Waals surface area contributed by atoms with Crippen LogP contribution in [0.4, 0.5) is 11.6 Å². The van der Waals surface area contributed by atoms with Gasteiger partial charge in [-0.2, -0.15) is 0 Å². The van der Waals surface area contributed by atoms with Gasteiger partial charge in [0.2, 0.25) is 0 Å². The predicted molar refractivity (Wildman–Crippen MR) is 263 cm³/mol. The molecule has 9 heteroatoms. The molecule has 2 aromatic heterocycles. The summed E-state index contributed by atoms with van der Waals surface area (Å²) in [6, 6.07) is 68.3.